The van der Waals surface area contributed by atoms with Crippen LogP contribution < -0.4 is 5.32 Å². The summed E-state index contributed by atoms with van der Waals surface area (Å²) >= 11 is 0. The molecule has 0 bridgehead atoms. The molecule has 0 atom stereocenters. The second kappa shape index (κ2) is 8.27. The molecule has 2 aromatic rings. The molecule has 0 aliphatic rings. The van der Waals surface area contributed by atoms with Crippen molar-refractivity contribution in [2.24, 2.45) is 0 Å². The molecule has 2 rings (SSSR count). The van der Waals surface area contributed by atoms with Crippen molar-refractivity contribution >= 4 is 21.6 Å². The van der Waals surface area contributed by atoms with Crippen LogP contribution in [0.1, 0.15) is 23.1 Å². The van der Waals surface area contributed by atoms with Crippen molar-refractivity contribution in [3.63, 3.8) is 0 Å². The Hall–Kier alpha value is -2.18. The summed E-state index contributed by atoms with van der Waals surface area (Å²) in [7, 11) is -3.39. The van der Waals surface area contributed by atoms with E-state index in [9.17, 15) is 13.2 Å². The molecule has 0 aliphatic carbocycles. The number of amides is 1. The number of nitrogens with one attached hydrogen (secondary N) is 1. The van der Waals surface area contributed by atoms with Crippen LogP contribution >= 0.6 is 0 Å². The van der Waals surface area contributed by atoms with Crippen LogP contribution in [0.3, 0.4) is 0 Å². The molecule has 0 unspecified atom stereocenters. The predicted molar refractivity (Wildman–Crippen MR) is 101 cm³/mol. The summed E-state index contributed by atoms with van der Waals surface area (Å²) < 4.78 is 25.3. The van der Waals surface area contributed by atoms with Crippen LogP contribution in [0.25, 0.3) is 0 Å². The highest BCUT2D eigenvalue weighted by Crippen LogP contribution is 2.15. The van der Waals surface area contributed by atoms with Crippen LogP contribution in [0.2, 0.25) is 0 Å². The summed E-state index contributed by atoms with van der Waals surface area (Å²) in [6.07, 6.45) is 1.27. The van der Waals surface area contributed by atoms with E-state index in [1.54, 1.807) is 0 Å². The quantitative estimate of drug-likeness (QED) is 0.825. The molecule has 25 heavy (non-hydrogen) atoms. The molecule has 1 N–H and O–H groups in total. The number of sulfonamides is 1. The van der Waals surface area contributed by atoms with Crippen molar-refractivity contribution in [3.05, 3.63) is 65.2 Å². The van der Waals surface area contributed by atoms with Gasteiger partial charge in [-0.15, -0.1) is 0 Å². The van der Waals surface area contributed by atoms with E-state index in [2.05, 4.69) is 5.32 Å². The van der Waals surface area contributed by atoms with Crippen molar-refractivity contribution < 1.29 is 13.2 Å². The molecule has 0 radical (unpaired) electrons. The van der Waals surface area contributed by atoms with E-state index in [-0.39, 0.29) is 25.4 Å². The maximum Gasteiger partial charge on any atom is 0.225 e. The van der Waals surface area contributed by atoms with Gasteiger partial charge in [-0.2, -0.15) is 4.31 Å². The first-order valence-electron chi connectivity index (χ1n) is 8.12. The fourth-order valence-corrected chi connectivity index (χ4v) is 3.22. The molecule has 0 aliphatic heterocycles. The minimum absolute atomic E-state index is 0.104. The fraction of sp³-hybridized carbons (Fsp3) is 0.316. The zero-order chi connectivity index (χ0) is 18.4. The lowest BCUT2D eigenvalue weighted by atomic mass is 10.1. The molecule has 0 fully saturated rings. The Morgan fingerprint density at radius 3 is 2.32 bits per heavy atom. The van der Waals surface area contributed by atoms with E-state index in [1.807, 2.05) is 62.4 Å². The van der Waals surface area contributed by atoms with E-state index in [1.165, 1.54) is 4.31 Å². The average Bonchev–Trinajstić information content (AvgIpc) is 2.55. The van der Waals surface area contributed by atoms with E-state index < -0.39 is 10.0 Å². The van der Waals surface area contributed by atoms with E-state index in [0.717, 1.165) is 28.6 Å². The van der Waals surface area contributed by atoms with Gasteiger partial charge in [-0.25, -0.2) is 8.42 Å². The molecule has 5 nitrogen and oxygen atoms in total. The molecule has 0 saturated heterocycles. The summed E-state index contributed by atoms with van der Waals surface area (Å²) in [5.74, 6) is -0.204. The summed E-state index contributed by atoms with van der Waals surface area (Å²) in [4.78, 5) is 12.2. The number of aryl methyl sites for hydroxylation is 2. The van der Waals surface area contributed by atoms with Gasteiger partial charge in [0.2, 0.25) is 15.9 Å². The highest BCUT2D eigenvalue weighted by Gasteiger charge is 2.18. The molecule has 2 aromatic carbocycles. The molecule has 0 aromatic heterocycles. The van der Waals surface area contributed by atoms with Crippen LogP contribution in [0.5, 0.6) is 0 Å². The Morgan fingerprint density at radius 2 is 1.72 bits per heavy atom. The van der Waals surface area contributed by atoms with Gasteiger partial charge in [-0.3, -0.25) is 4.79 Å². The third kappa shape index (κ3) is 5.99. The Labute approximate surface area is 149 Å². The summed E-state index contributed by atoms with van der Waals surface area (Å²) in [5.41, 5.74) is 3.87. The number of anilines is 1. The first-order valence-corrected chi connectivity index (χ1v) is 9.96. The summed E-state index contributed by atoms with van der Waals surface area (Å²) in [5, 5.41) is 2.82. The van der Waals surface area contributed by atoms with Gasteiger partial charge in [0, 0.05) is 25.2 Å². The lowest BCUT2D eigenvalue weighted by Gasteiger charge is -2.20. The van der Waals surface area contributed by atoms with Crippen molar-refractivity contribution in [2.45, 2.75) is 26.8 Å². The molecular weight excluding hydrogens is 336 g/mol. The molecule has 134 valence electrons. The molecule has 6 heteroatoms. The van der Waals surface area contributed by atoms with Crippen molar-refractivity contribution in [1.29, 1.82) is 0 Å². The molecular formula is C19H24N2O3S. The topological polar surface area (TPSA) is 66.5 Å². The van der Waals surface area contributed by atoms with Crippen molar-refractivity contribution in [3.8, 4) is 0 Å². The molecule has 0 heterocycles. The van der Waals surface area contributed by atoms with E-state index in [0.29, 0.717) is 0 Å². The number of nitrogens with zero attached hydrogens (tertiary/aromatic N) is 1. The van der Waals surface area contributed by atoms with Crippen LogP contribution in [0.15, 0.2) is 48.5 Å². The Kier molecular flexibility index (Phi) is 6.33. The smallest absolute Gasteiger partial charge is 0.225 e. The van der Waals surface area contributed by atoms with Gasteiger partial charge in [0.1, 0.15) is 0 Å². The fourth-order valence-electron chi connectivity index (χ4n) is 2.42. The lowest BCUT2D eigenvalue weighted by molar-refractivity contribution is -0.116. The van der Waals surface area contributed by atoms with Gasteiger partial charge in [0.25, 0.3) is 0 Å². The van der Waals surface area contributed by atoms with Gasteiger partial charge < -0.3 is 5.32 Å². The molecule has 0 spiro atoms. The maximum atomic E-state index is 12.2. The second-order valence-electron chi connectivity index (χ2n) is 6.18. The number of benzene rings is 2. The van der Waals surface area contributed by atoms with E-state index in [4.69, 9.17) is 0 Å². The largest absolute Gasteiger partial charge is 0.326 e. The van der Waals surface area contributed by atoms with Crippen LogP contribution in [-0.4, -0.2) is 31.4 Å². The third-order valence-electron chi connectivity index (χ3n) is 4.05. The summed E-state index contributed by atoms with van der Waals surface area (Å²) in [6, 6.07) is 15.0. The third-order valence-corrected chi connectivity index (χ3v) is 5.30. The standard InChI is InChI=1S/C19H24N2O3S/c1-15-9-10-18(13-16(15)2)20-19(22)11-12-21(25(3,23)24)14-17-7-5-4-6-8-17/h4-10,13H,11-12,14H2,1-3H3,(H,20,22). The average molecular weight is 360 g/mol. The van der Waals surface area contributed by atoms with Crippen molar-refractivity contribution in [1.82, 2.24) is 4.31 Å². The normalized spacial score (nSPS) is 11.5. The minimum atomic E-state index is -3.39. The zero-order valence-corrected chi connectivity index (χ0v) is 15.6. The van der Waals surface area contributed by atoms with Gasteiger partial charge >= 0.3 is 0 Å². The zero-order valence-electron chi connectivity index (χ0n) is 14.8. The molecule has 1 amide bonds. The van der Waals surface area contributed by atoms with Gasteiger partial charge in [0.05, 0.1) is 6.26 Å². The number of hydrogen-bond acceptors (Lipinski definition) is 3. The maximum absolute atomic E-state index is 12.2. The molecule has 0 saturated carbocycles. The highest BCUT2D eigenvalue weighted by molar-refractivity contribution is 7.88. The van der Waals surface area contributed by atoms with Crippen LogP contribution in [0.4, 0.5) is 5.69 Å². The Morgan fingerprint density at radius 1 is 1.04 bits per heavy atom. The van der Waals surface area contributed by atoms with Gasteiger partial charge in [-0.1, -0.05) is 36.4 Å². The van der Waals surface area contributed by atoms with E-state index >= 15 is 0 Å². The van der Waals surface area contributed by atoms with Gasteiger partial charge in [0.15, 0.2) is 0 Å². The number of carbonyl (C=O) groups is 1. The number of carbonyl (C=O) groups excluding carboxylic acids is 1. The Bertz CT molecular complexity index is 833. The van der Waals surface area contributed by atoms with Crippen LogP contribution in [-0.2, 0) is 21.4 Å². The predicted octanol–water partition coefficient (Wildman–Crippen LogP) is 3.09. The summed E-state index contributed by atoms with van der Waals surface area (Å²) in [6.45, 7) is 4.39. The monoisotopic (exact) mass is 360 g/mol. The first-order chi connectivity index (χ1) is 11.8. The van der Waals surface area contributed by atoms with Gasteiger partial charge in [-0.05, 0) is 42.7 Å². The second-order valence-corrected chi connectivity index (χ2v) is 8.16. The Balaban J connectivity index is 1.97. The number of hydrogen-bond donors (Lipinski definition) is 1. The SMILES string of the molecule is Cc1ccc(NC(=O)CCN(Cc2ccccc2)S(C)(=O)=O)cc1C. The first kappa shape index (κ1) is 19.1. The lowest BCUT2D eigenvalue weighted by Crippen LogP contribution is -2.32. The number of rotatable bonds is 7. The van der Waals surface area contributed by atoms with Crippen molar-refractivity contribution in [2.75, 3.05) is 18.1 Å². The van der Waals surface area contributed by atoms with Crippen LogP contribution in [0, 0.1) is 13.8 Å². The highest BCUT2D eigenvalue weighted by atomic mass is 32.2. The minimum Gasteiger partial charge on any atom is -0.326 e.